The maximum atomic E-state index is 11.7. The Balaban J connectivity index is 0. The Bertz CT molecular complexity index is 754. The summed E-state index contributed by atoms with van der Waals surface area (Å²) in [7, 11) is 0. The van der Waals surface area contributed by atoms with Crippen molar-refractivity contribution in [2.45, 2.75) is 235 Å². The van der Waals surface area contributed by atoms with Gasteiger partial charge < -0.3 is 18.9 Å². The van der Waals surface area contributed by atoms with E-state index in [1.54, 1.807) is 0 Å². The minimum Gasteiger partial charge on any atom is -0.466 e. The highest BCUT2D eigenvalue weighted by Crippen LogP contribution is 2.13. The molecule has 0 aromatic carbocycles. The second-order valence-electron chi connectivity index (χ2n) is 17.7. The molecule has 0 heterocycles. The SMILES string of the molecule is CC(C)CCCCCCOC(=O)CCCCC(=O)OCCCCCCC(C)C.CC(C)CCCCCCOC(=O)CCCCC(=O)OCCCCCCC(C)C. The van der Waals surface area contributed by atoms with Crippen molar-refractivity contribution >= 4 is 23.9 Å². The van der Waals surface area contributed by atoms with Gasteiger partial charge in [0.05, 0.1) is 26.4 Å². The lowest BCUT2D eigenvalue weighted by Gasteiger charge is -2.07. The molecule has 0 radical (unpaired) electrons. The van der Waals surface area contributed by atoms with Crippen LogP contribution in [0.15, 0.2) is 0 Å². The van der Waals surface area contributed by atoms with Crippen molar-refractivity contribution in [1.29, 1.82) is 0 Å². The van der Waals surface area contributed by atoms with Gasteiger partial charge in [0.25, 0.3) is 0 Å². The number of rotatable bonds is 38. The lowest BCUT2D eigenvalue weighted by atomic mass is 10.0. The Morgan fingerprint density at radius 2 is 0.446 bits per heavy atom. The number of hydrogen-bond donors (Lipinski definition) is 0. The minimum absolute atomic E-state index is 0.142. The van der Waals surface area contributed by atoms with Crippen molar-refractivity contribution in [2.75, 3.05) is 26.4 Å². The van der Waals surface area contributed by atoms with Crippen molar-refractivity contribution in [2.24, 2.45) is 23.7 Å². The van der Waals surface area contributed by atoms with Gasteiger partial charge in [-0.1, -0.05) is 158 Å². The molecular weight excluding hydrogens is 705 g/mol. The Morgan fingerprint density at radius 3 is 0.625 bits per heavy atom. The van der Waals surface area contributed by atoms with E-state index in [0.717, 1.165) is 75.0 Å². The van der Waals surface area contributed by atoms with E-state index in [9.17, 15) is 19.2 Å². The molecule has 0 aliphatic carbocycles. The van der Waals surface area contributed by atoms with Crippen molar-refractivity contribution in [3.05, 3.63) is 0 Å². The number of esters is 4. The zero-order valence-corrected chi connectivity index (χ0v) is 38.2. The van der Waals surface area contributed by atoms with E-state index in [1.165, 1.54) is 77.0 Å². The summed E-state index contributed by atoms with van der Waals surface area (Å²) in [6.07, 6.45) is 27.7. The average Bonchev–Trinajstić information content (AvgIpc) is 3.13. The fraction of sp³-hybridized carbons (Fsp3) is 0.917. The molecule has 0 amide bonds. The van der Waals surface area contributed by atoms with E-state index in [0.29, 0.717) is 77.8 Å². The molecule has 0 atom stereocenters. The van der Waals surface area contributed by atoms with Crippen LogP contribution in [0.5, 0.6) is 0 Å². The van der Waals surface area contributed by atoms with E-state index in [1.807, 2.05) is 0 Å². The molecule has 8 nitrogen and oxygen atoms in total. The molecule has 0 aromatic rings. The van der Waals surface area contributed by atoms with E-state index in [-0.39, 0.29) is 23.9 Å². The molecular formula is C48H92O8. The number of ether oxygens (including phenoxy) is 4. The topological polar surface area (TPSA) is 105 Å². The molecule has 0 aromatic heterocycles. The third-order valence-corrected chi connectivity index (χ3v) is 9.78. The van der Waals surface area contributed by atoms with Gasteiger partial charge in [0, 0.05) is 25.7 Å². The lowest BCUT2D eigenvalue weighted by Crippen LogP contribution is -2.08. The van der Waals surface area contributed by atoms with E-state index in [2.05, 4.69) is 55.4 Å². The van der Waals surface area contributed by atoms with Crippen molar-refractivity contribution in [3.8, 4) is 0 Å². The van der Waals surface area contributed by atoms with Gasteiger partial charge in [-0.3, -0.25) is 19.2 Å². The van der Waals surface area contributed by atoms with Crippen molar-refractivity contribution in [1.82, 2.24) is 0 Å². The summed E-state index contributed by atoms with van der Waals surface area (Å²) in [5.74, 6) is 2.52. The fourth-order valence-corrected chi connectivity index (χ4v) is 6.14. The molecule has 0 aliphatic rings. The van der Waals surface area contributed by atoms with Gasteiger partial charge in [0.15, 0.2) is 0 Å². The molecule has 332 valence electrons. The van der Waals surface area contributed by atoms with Crippen LogP contribution in [0.3, 0.4) is 0 Å². The van der Waals surface area contributed by atoms with Gasteiger partial charge in [0.2, 0.25) is 0 Å². The highest BCUT2D eigenvalue weighted by molar-refractivity contribution is 5.71. The molecule has 56 heavy (non-hydrogen) atoms. The third kappa shape index (κ3) is 49.9. The first-order chi connectivity index (χ1) is 26.8. The Hall–Kier alpha value is -2.12. The number of carbonyl (C=O) groups is 4. The summed E-state index contributed by atoms with van der Waals surface area (Å²) in [6, 6.07) is 0. The number of hydrogen-bond acceptors (Lipinski definition) is 8. The van der Waals surface area contributed by atoms with Gasteiger partial charge in [-0.25, -0.2) is 0 Å². The first-order valence-corrected chi connectivity index (χ1v) is 23.5. The van der Waals surface area contributed by atoms with Crippen molar-refractivity contribution < 1.29 is 38.1 Å². The molecule has 0 N–H and O–H groups in total. The van der Waals surface area contributed by atoms with Crippen LogP contribution in [0.4, 0.5) is 0 Å². The molecule has 8 heteroatoms. The summed E-state index contributed by atoms with van der Waals surface area (Å²) in [6.45, 7) is 20.1. The summed E-state index contributed by atoms with van der Waals surface area (Å²) in [5, 5.41) is 0. The van der Waals surface area contributed by atoms with Crippen LogP contribution in [0.2, 0.25) is 0 Å². The fourth-order valence-electron chi connectivity index (χ4n) is 6.14. The normalized spacial score (nSPS) is 11.2. The summed E-state index contributed by atoms with van der Waals surface area (Å²) in [4.78, 5) is 46.7. The lowest BCUT2D eigenvalue weighted by molar-refractivity contribution is -0.146. The van der Waals surface area contributed by atoms with E-state index >= 15 is 0 Å². The Kier molecular flexibility index (Phi) is 42.5. The molecule has 0 bridgehead atoms. The predicted octanol–water partition coefficient (Wildman–Crippen LogP) is 13.7. The van der Waals surface area contributed by atoms with Crippen LogP contribution < -0.4 is 0 Å². The summed E-state index contributed by atoms with van der Waals surface area (Å²) >= 11 is 0. The zero-order valence-electron chi connectivity index (χ0n) is 38.2. The monoisotopic (exact) mass is 797 g/mol. The van der Waals surface area contributed by atoms with Gasteiger partial charge in [-0.15, -0.1) is 0 Å². The maximum absolute atomic E-state index is 11.7. The van der Waals surface area contributed by atoms with E-state index < -0.39 is 0 Å². The quantitative estimate of drug-likeness (QED) is 0.0345. The standard InChI is InChI=1S/2C24H46O4/c2*1-21(2)15-9-5-7-13-19-27-23(25)17-11-12-18-24(26)28-20-14-8-6-10-16-22(3)4/h2*21-22H,5-20H2,1-4H3. The number of carbonyl (C=O) groups excluding carboxylic acids is 4. The highest BCUT2D eigenvalue weighted by Gasteiger charge is 2.08. The molecule has 0 unspecified atom stereocenters. The van der Waals surface area contributed by atoms with Crippen LogP contribution in [-0.2, 0) is 38.1 Å². The van der Waals surface area contributed by atoms with Crippen LogP contribution in [0.1, 0.15) is 235 Å². The van der Waals surface area contributed by atoms with Gasteiger partial charge in [0.1, 0.15) is 0 Å². The van der Waals surface area contributed by atoms with E-state index in [4.69, 9.17) is 18.9 Å². The maximum Gasteiger partial charge on any atom is 0.305 e. The molecule has 0 saturated carbocycles. The van der Waals surface area contributed by atoms with Crippen LogP contribution in [-0.4, -0.2) is 50.3 Å². The Labute approximate surface area is 346 Å². The Morgan fingerprint density at radius 1 is 0.268 bits per heavy atom. The van der Waals surface area contributed by atoms with Gasteiger partial charge in [-0.2, -0.15) is 0 Å². The predicted molar refractivity (Wildman–Crippen MR) is 232 cm³/mol. The summed E-state index contributed by atoms with van der Waals surface area (Å²) < 4.78 is 21.0. The highest BCUT2D eigenvalue weighted by atomic mass is 16.5. The van der Waals surface area contributed by atoms with Crippen molar-refractivity contribution in [3.63, 3.8) is 0 Å². The van der Waals surface area contributed by atoms with Crippen LogP contribution >= 0.6 is 0 Å². The van der Waals surface area contributed by atoms with Crippen LogP contribution in [0, 0.1) is 23.7 Å². The van der Waals surface area contributed by atoms with Gasteiger partial charge in [-0.05, 0) is 75.0 Å². The third-order valence-electron chi connectivity index (χ3n) is 9.78. The van der Waals surface area contributed by atoms with Crippen LogP contribution in [0.25, 0.3) is 0 Å². The first-order valence-electron chi connectivity index (χ1n) is 23.5. The molecule has 0 spiro atoms. The van der Waals surface area contributed by atoms with Gasteiger partial charge >= 0.3 is 23.9 Å². The summed E-state index contributed by atoms with van der Waals surface area (Å²) in [5.41, 5.74) is 0. The smallest absolute Gasteiger partial charge is 0.305 e. The largest absolute Gasteiger partial charge is 0.466 e. The molecule has 0 aliphatic heterocycles. The second kappa shape index (κ2) is 42.5. The number of unbranched alkanes of at least 4 members (excludes halogenated alkanes) is 14. The first kappa shape index (κ1) is 56.0. The average molecular weight is 797 g/mol. The second-order valence-corrected chi connectivity index (χ2v) is 17.7. The minimum atomic E-state index is -0.142. The molecule has 0 saturated heterocycles. The zero-order chi connectivity index (χ0) is 42.1. The molecule has 0 fully saturated rings. The molecule has 0 rings (SSSR count).